The first-order valence-corrected chi connectivity index (χ1v) is 6.95. The smallest absolute Gasteiger partial charge is 0.256 e. The Hall–Kier alpha value is -1.71. The predicted molar refractivity (Wildman–Crippen MR) is 76.1 cm³/mol. The summed E-state index contributed by atoms with van der Waals surface area (Å²) < 4.78 is 0. The van der Waals surface area contributed by atoms with Crippen molar-refractivity contribution in [3.05, 3.63) is 23.8 Å². The van der Waals surface area contributed by atoms with E-state index in [4.69, 9.17) is 5.73 Å². The highest BCUT2D eigenvalue weighted by molar-refractivity contribution is 5.99. The van der Waals surface area contributed by atoms with Crippen LogP contribution in [0.5, 0.6) is 5.75 Å². The van der Waals surface area contributed by atoms with E-state index >= 15 is 0 Å². The summed E-state index contributed by atoms with van der Waals surface area (Å²) in [5.74, 6) is -0.0212. The maximum Gasteiger partial charge on any atom is 0.256 e. The molecule has 0 atom stereocenters. The molecule has 104 valence electrons. The van der Waals surface area contributed by atoms with Crippen LogP contribution in [-0.4, -0.2) is 29.0 Å². The highest BCUT2D eigenvalue weighted by Gasteiger charge is 2.23. The summed E-state index contributed by atoms with van der Waals surface area (Å²) in [5, 5.41) is 9.50. The topological polar surface area (TPSA) is 66.6 Å². The molecule has 4 heteroatoms. The molecule has 1 aromatic carbocycles. The summed E-state index contributed by atoms with van der Waals surface area (Å²) in [6.45, 7) is 0. The molecule has 0 saturated heterocycles. The number of phenols is 1. The molecular weight excluding hydrogens is 240 g/mol. The molecule has 0 radical (unpaired) electrons. The van der Waals surface area contributed by atoms with E-state index in [2.05, 4.69) is 0 Å². The normalized spacial score (nSPS) is 16.9. The van der Waals surface area contributed by atoms with Gasteiger partial charge in [-0.3, -0.25) is 4.79 Å². The molecule has 2 rings (SSSR count). The largest absolute Gasteiger partial charge is 0.508 e. The Morgan fingerprint density at radius 3 is 2.53 bits per heavy atom. The molecule has 0 spiro atoms. The number of amides is 1. The van der Waals surface area contributed by atoms with E-state index in [1.54, 1.807) is 11.0 Å². The van der Waals surface area contributed by atoms with Crippen molar-refractivity contribution in [2.24, 2.45) is 0 Å². The van der Waals surface area contributed by atoms with Crippen LogP contribution >= 0.6 is 0 Å². The van der Waals surface area contributed by atoms with Gasteiger partial charge in [0.15, 0.2) is 0 Å². The number of carbonyl (C=O) groups is 1. The molecule has 1 aliphatic carbocycles. The molecule has 0 heterocycles. The van der Waals surface area contributed by atoms with E-state index in [0.717, 1.165) is 12.8 Å². The first-order valence-electron chi connectivity index (χ1n) is 6.95. The lowest BCUT2D eigenvalue weighted by molar-refractivity contribution is 0.0718. The van der Waals surface area contributed by atoms with E-state index in [9.17, 15) is 9.90 Å². The fraction of sp³-hybridized carbons (Fsp3) is 0.533. The van der Waals surface area contributed by atoms with Gasteiger partial charge in [-0.25, -0.2) is 0 Å². The quantitative estimate of drug-likeness (QED) is 0.489. The zero-order chi connectivity index (χ0) is 13.8. The summed E-state index contributed by atoms with van der Waals surface area (Å²) in [7, 11) is 1.84. The van der Waals surface area contributed by atoms with Crippen molar-refractivity contribution >= 4 is 11.6 Å². The van der Waals surface area contributed by atoms with E-state index in [1.807, 2.05) is 7.05 Å². The van der Waals surface area contributed by atoms with Gasteiger partial charge in [0, 0.05) is 18.8 Å². The van der Waals surface area contributed by atoms with Crippen LogP contribution in [0.1, 0.15) is 48.9 Å². The Labute approximate surface area is 114 Å². The molecule has 0 bridgehead atoms. The molecule has 0 aliphatic heterocycles. The average molecular weight is 262 g/mol. The van der Waals surface area contributed by atoms with Gasteiger partial charge in [0.1, 0.15) is 5.75 Å². The lowest BCUT2D eigenvalue weighted by Gasteiger charge is -2.27. The van der Waals surface area contributed by atoms with Crippen LogP contribution in [0.4, 0.5) is 5.69 Å². The minimum absolute atomic E-state index is 0.0758. The second-order valence-electron chi connectivity index (χ2n) is 5.33. The first kappa shape index (κ1) is 13.7. The van der Waals surface area contributed by atoms with Crippen molar-refractivity contribution in [1.29, 1.82) is 0 Å². The zero-order valence-electron chi connectivity index (χ0n) is 11.4. The third-order valence-electron chi connectivity index (χ3n) is 3.96. The lowest BCUT2D eigenvalue weighted by atomic mass is 10.1. The fourth-order valence-electron chi connectivity index (χ4n) is 2.73. The standard InChI is InChI=1S/C15H22N2O2/c1-17(11-6-4-2-3-5-7-11)15(19)13-10-12(18)8-9-14(13)16/h8-11,18H,2-7,16H2,1H3. The molecule has 1 aliphatic rings. The fourth-order valence-corrected chi connectivity index (χ4v) is 2.73. The Kier molecular flexibility index (Phi) is 4.30. The number of nitrogens with two attached hydrogens (primary N) is 1. The van der Waals surface area contributed by atoms with Crippen LogP contribution in [0.3, 0.4) is 0 Å². The number of nitrogens with zero attached hydrogens (tertiary/aromatic N) is 1. The summed E-state index contributed by atoms with van der Waals surface area (Å²) in [6.07, 6.45) is 6.98. The number of phenolic OH excluding ortho intramolecular Hbond substituents is 1. The first-order chi connectivity index (χ1) is 9.09. The van der Waals surface area contributed by atoms with Gasteiger partial charge in [-0.1, -0.05) is 25.7 Å². The molecule has 4 nitrogen and oxygen atoms in total. The maximum absolute atomic E-state index is 12.5. The molecule has 0 unspecified atom stereocenters. The van der Waals surface area contributed by atoms with Gasteiger partial charge in [-0.05, 0) is 31.0 Å². The SMILES string of the molecule is CN(C(=O)c1cc(O)ccc1N)C1CCCCCC1. The number of anilines is 1. The minimum atomic E-state index is -0.0969. The summed E-state index contributed by atoms with van der Waals surface area (Å²) >= 11 is 0. The number of nitrogen functional groups attached to an aromatic ring is 1. The third-order valence-corrected chi connectivity index (χ3v) is 3.96. The van der Waals surface area contributed by atoms with Crippen LogP contribution in [0, 0.1) is 0 Å². The lowest BCUT2D eigenvalue weighted by Crippen LogP contribution is -2.37. The van der Waals surface area contributed by atoms with Crippen LogP contribution in [-0.2, 0) is 0 Å². The molecule has 1 fully saturated rings. The summed E-state index contributed by atoms with van der Waals surface area (Å²) in [5.41, 5.74) is 6.64. The predicted octanol–water partition coefficient (Wildman–Crippen LogP) is 2.77. The van der Waals surface area contributed by atoms with Gasteiger partial charge >= 0.3 is 0 Å². The number of hydrogen-bond acceptors (Lipinski definition) is 3. The van der Waals surface area contributed by atoms with Crippen molar-refractivity contribution in [1.82, 2.24) is 4.90 Å². The summed E-state index contributed by atoms with van der Waals surface area (Å²) in [6, 6.07) is 4.81. The van der Waals surface area contributed by atoms with Crippen molar-refractivity contribution in [3.8, 4) is 5.75 Å². The van der Waals surface area contributed by atoms with Crippen LogP contribution in [0.15, 0.2) is 18.2 Å². The third kappa shape index (κ3) is 3.19. The molecule has 1 amide bonds. The van der Waals surface area contributed by atoms with Crippen LogP contribution < -0.4 is 5.73 Å². The van der Waals surface area contributed by atoms with Gasteiger partial charge in [-0.15, -0.1) is 0 Å². The van der Waals surface area contributed by atoms with E-state index in [0.29, 0.717) is 11.3 Å². The van der Waals surface area contributed by atoms with E-state index < -0.39 is 0 Å². The van der Waals surface area contributed by atoms with Gasteiger partial charge in [0.25, 0.3) is 5.91 Å². The van der Waals surface area contributed by atoms with E-state index in [1.165, 1.54) is 37.8 Å². The highest BCUT2D eigenvalue weighted by Crippen LogP contribution is 2.25. The molecule has 3 N–H and O–H groups in total. The number of benzene rings is 1. The van der Waals surface area contributed by atoms with Crippen molar-refractivity contribution in [3.63, 3.8) is 0 Å². The Balaban J connectivity index is 2.15. The average Bonchev–Trinajstić information content (AvgIpc) is 2.69. The number of aromatic hydroxyl groups is 1. The van der Waals surface area contributed by atoms with Gasteiger partial charge < -0.3 is 15.7 Å². The van der Waals surface area contributed by atoms with Gasteiger partial charge in [-0.2, -0.15) is 0 Å². The molecule has 1 aromatic rings. The van der Waals surface area contributed by atoms with Crippen molar-refractivity contribution < 1.29 is 9.90 Å². The molecule has 0 aromatic heterocycles. The summed E-state index contributed by atoms with van der Waals surface area (Å²) in [4.78, 5) is 14.3. The second kappa shape index (κ2) is 5.95. The Morgan fingerprint density at radius 2 is 1.89 bits per heavy atom. The van der Waals surface area contributed by atoms with Crippen molar-refractivity contribution in [2.75, 3.05) is 12.8 Å². The number of hydrogen-bond donors (Lipinski definition) is 2. The minimum Gasteiger partial charge on any atom is -0.508 e. The molecule has 19 heavy (non-hydrogen) atoms. The molecule has 1 saturated carbocycles. The van der Waals surface area contributed by atoms with Gasteiger partial charge in [0.2, 0.25) is 0 Å². The highest BCUT2D eigenvalue weighted by atomic mass is 16.3. The number of rotatable bonds is 2. The van der Waals surface area contributed by atoms with Crippen LogP contribution in [0.25, 0.3) is 0 Å². The second-order valence-corrected chi connectivity index (χ2v) is 5.33. The van der Waals surface area contributed by atoms with E-state index in [-0.39, 0.29) is 17.7 Å². The van der Waals surface area contributed by atoms with Crippen molar-refractivity contribution in [2.45, 2.75) is 44.6 Å². The Morgan fingerprint density at radius 1 is 1.26 bits per heavy atom. The maximum atomic E-state index is 12.5. The molecular formula is C15H22N2O2. The monoisotopic (exact) mass is 262 g/mol. The Bertz CT molecular complexity index is 451. The van der Waals surface area contributed by atoms with Gasteiger partial charge in [0.05, 0.1) is 5.56 Å². The number of carbonyl (C=O) groups excluding carboxylic acids is 1. The zero-order valence-corrected chi connectivity index (χ0v) is 11.4. The van der Waals surface area contributed by atoms with Crippen LogP contribution in [0.2, 0.25) is 0 Å².